The number of carbonyl (C=O) groups is 1. The number of nitrogens with one attached hydrogen (secondary N) is 1. The first-order valence-electron chi connectivity index (χ1n) is 7.20. The lowest BCUT2D eigenvalue weighted by Crippen LogP contribution is -2.28. The first kappa shape index (κ1) is 15.1. The molecular weight excluding hydrogens is 297 g/mol. The van der Waals surface area contributed by atoms with Gasteiger partial charge in [-0.3, -0.25) is 4.79 Å². The Morgan fingerprint density at radius 2 is 2.04 bits per heavy atom. The van der Waals surface area contributed by atoms with Crippen LogP contribution in [-0.2, 0) is 11.3 Å². The molecule has 0 fully saturated rings. The minimum atomic E-state index is -0.297. The molecule has 23 heavy (non-hydrogen) atoms. The third kappa shape index (κ3) is 3.34. The van der Waals surface area contributed by atoms with E-state index in [2.05, 4.69) is 5.32 Å². The lowest BCUT2D eigenvalue weighted by Gasteiger charge is -2.19. The van der Waals surface area contributed by atoms with Crippen molar-refractivity contribution in [1.29, 1.82) is 0 Å². The van der Waals surface area contributed by atoms with E-state index in [0.29, 0.717) is 23.6 Å². The summed E-state index contributed by atoms with van der Waals surface area (Å²) in [4.78, 5) is 12.2. The van der Waals surface area contributed by atoms with Crippen LogP contribution in [0.15, 0.2) is 48.0 Å². The molecular formula is C18H16FNO3. The summed E-state index contributed by atoms with van der Waals surface area (Å²) in [6.45, 7) is 0.518. The zero-order valence-corrected chi connectivity index (χ0v) is 12.6. The second-order valence-electron chi connectivity index (χ2n) is 5.15. The number of hydrogen-bond donors (Lipinski definition) is 1. The van der Waals surface area contributed by atoms with Crippen molar-refractivity contribution in [3.05, 3.63) is 65.0 Å². The standard InChI is InChI=1S/C18H16FNO3/c1-22-16-4-2-3-13-9-14(11-23-17(13)16)18(21)20-10-12-5-7-15(19)8-6-12/h2-9H,10-11H2,1H3,(H,20,21). The quantitative estimate of drug-likeness (QED) is 0.944. The number of fused-ring (bicyclic) bond motifs is 1. The summed E-state index contributed by atoms with van der Waals surface area (Å²) in [7, 11) is 1.58. The summed E-state index contributed by atoms with van der Waals surface area (Å²) in [5.41, 5.74) is 2.18. The molecule has 1 aliphatic rings. The molecule has 0 unspecified atom stereocenters. The Kier molecular flexibility index (Phi) is 4.28. The molecule has 0 bridgehead atoms. The predicted molar refractivity (Wildman–Crippen MR) is 84.7 cm³/mol. The number of rotatable bonds is 4. The average Bonchev–Trinajstić information content (AvgIpc) is 2.60. The fraction of sp³-hybridized carbons (Fsp3) is 0.167. The highest BCUT2D eigenvalue weighted by Crippen LogP contribution is 2.35. The van der Waals surface area contributed by atoms with Crippen molar-refractivity contribution in [3.8, 4) is 11.5 Å². The van der Waals surface area contributed by atoms with Crippen LogP contribution in [0, 0.1) is 5.82 Å². The van der Waals surface area contributed by atoms with Crippen molar-refractivity contribution < 1.29 is 18.7 Å². The minimum Gasteiger partial charge on any atom is -0.493 e. The maximum Gasteiger partial charge on any atom is 0.250 e. The number of methoxy groups -OCH3 is 1. The Labute approximate surface area is 133 Å². The molecule has 1 amide bonds. The van der Waals surface area contributed by atoms with Crippen molar-refractivity contribution >= 4 is 12.0 Å². The lowest BCUT2D eigenvalue weighted by atomic mass is 10.1. The van der Waals surface area contributed by atoms with Gasteiger partial charge in [0.25, 0.3) is 5.91 Å². The van der Waals surface area contributed by atoms with Gasteiger partial charge in [-0.15, -0.1) is 0 Å². The van der Waals surface area contributed by atoms with Crippen molar-refractivity contribution in [3.63, 3.8) is 0 Å². The SMILES string of the molecule is COc1cccc2c1OCC(C(=O)NCc1ccc(F)cc1)=C2. The van der Waals surface area contributed by atoms with Gasteiger partial charge < -0.3 is 14.8 Å². The molecule has 1 aliphatic heterocycles. The van der Waals surface area contributed by atoms with Crippen molar-refractivity contribution in [2.24, 2.45) is 0 Å². The van der Waals surface area contributed by atoms with Crippen LogP contribution >= 0.6 is 0 Å². The van der Waals surface area contributed by atoms with E-state index in [1.54, 1.807) is 25.3 Å². The van der Waals surface area contributed by atoms with Gasteiger partial charge >= 0.3 is 0 Å². The molecule has 5 heteroatoms. The molecule has 3 rings (SSSR count). The third-order valence-corrected chi connectivity index (χ3v) is 3.59. The van der Waals surface area contributed by atoms with Crippen LogP contribution in [0.1, 0.15) is 11.1 Å². The van der Waals surface area contributed by atoms with Crippen molar-refractivity contribution in [2.75, 3.05) is 13.7 Å². The smallest absolute Gasteiger partial charge is 0.250 e. The number of ether oxygens (including phenoxy) is 2. The highest BCUT2D eigenvalue weighted by molar-refractivity contribution is 5.99. The van der Waals surface area contributed by atoms with E-state index in [9.17, 15) is 9.18 Å². The molecule has 4 nitrogen and oxygen atoms in total. The molecule has 0 spiro atoms. The maximum atomic E-state index is 12.9. The summed E-state index contributed by atoms with van der Waals surface area (Å²) in [5, 5.41) is 2.81. The second kappa shape index (κ2) is 6.52. The maximum absolute atomic E-state index is 12.9. The molecule has 118 valence electrons. The number of hydrogen-bond acceptors (Lipinski definition) is 3. The Balaban J connectivity index is 1.70. The molecule has 0 aromatic heterocycles. The van der Waals surface area contributed by atoms with Crippen LogP contribution in [0.4, 0.5) is 4.39 Å². The number of carbonyl (C=O) groups excluding carboxylic acids is 1. The molecule has 0 saturated heterocycles. The third-order valence-electron chi connectivity index (χ3n) is 3.59. The first-order valence-corrected chi connectivity index (χ1v) is 7.20. The van der Waals surface area contributed by atoms with E-state index >= 15 is 0 Å². The van der Waals surface area contributed by atoms with Crippen molar-refractivity contribution in [2.45, 2.75) is 6.54 Å². The lowest BCUT2D eigenvalue weighted by molar-refractivity contribution is -0.117. The summed E-state index contributed by atoms with van der Waals surface area (Å²) >= 11 is 0. The molecule has 2 aromatic rings. The Bertz CT molecular complexity index is 753. The monoisotopic (exact) mass is 313 g/mol. The normalized spacial score (nSPS) is 12.7. The minimum absolute atomic E-state index is 0.183. The first-order chi connectivity index (χ1) is 11.2. The van der Waals surface area contributed by atoms with Crippen molar-refractivity contribution in [1.82, 2.24) is 5.32 Å². The van der Waals surface area contributed by atoms with Gasteiger partial charge in [-0.05, 0) is 29.8 Å². The van der Waals surface area contributed by atoms with Crippen LogP contribution in [0.3, 0.4) is 0 Å². The molecule has 0 aliphatic carbocycles. The van der Waals surface area contributed by atoms with Gasteiger partial charge in [0.15, 0.2) is 11.5 Å². The largest absolute Gasteiger partial charge is 0.493 e. The Hall–Kier alpha value is -2.82. The predicted octanol–water partition coefficient (Wildman–Crippen LogP) is 2.93. The summed E-state index contributed by atoms with van der Waals surface area (Å²) in [6.07, 6.45) is 1.79. The summed E-state index contributed by atoms with van der Waals surface area (Å²) in [5.74, 6) is 0.784. The van der Waals surface area contributed by atoms with Gasteiger partial charge in [-0.25, -0.2) is 4.39 Å². The number of amides is 1. The van der Waals surface area contributed by atoms with E-state index in [0.717, 1.165) is 11.1 Å². The fourth-order valence-corrected chi connectivity index (χ4v) is 2.37. The topological polar surface area (TPSA) is 47.6 Å². The number of benzene rings is 2. The highest BCUT2D eigenvalue weighted by atomic mass is 19.1. The van der Waals surface area contributed by atoms with E-state index < -0.39 is 0 Å². The summed E-state index contributed by atoms with van der Waals surface area (Å²) in [6, 6.07) is 11.5. The van der Waals surface area contributed by atoms with E-state index in [4.69, 9.17) is 9.47 Å². The molecule has 0 atom stereocenters. The van der Waals surface area contributed by atoms with Crippen LogP contribution in [0.25, 0.3) is 6.08 Å². The van der Waals surface area contributed by atoms with E-state index in [1.807, 2.05) is 18.2 Å². The fourth-order valence-electron chi connectivity index (χ4n) is 2.37. The zero-order valence-electron chi connectivity index (χ0n) is 12.6. The summed E-state index contributed by atoms with van der Waals surface area (Å²) < 4.78 is 23.7. The van der Waals surface area contributed by atoms with Gasteiger partial charge in [-0.1, -0.05) is 24.3 Å². The van der Waals surface area contributed by atoms with E-state index in [1.165, 1.54) is 12.1 Å². The van der Waals surface area contributed by atoms with Crippen LogP contribution in [0.2, 0.25) is 0 Å². The van der Waals surface area contributed by atoms with Gasteiger partial charge in [0, 0.05) is 12.1 Å². The zero-order chi connectivity index (χ0) is 16.2. The Morgan fingerprint density at radius 3 is 2.78 bits per heavy atom. The van der Waals surface area contributed by atoms with Crippen LogP contribution in [0.5, 0.6) is 11.5 Å². The molecule has 1 N–H and O–H groups in total. The molecule has 0 radical (unpaired) electrons. The van der Waals surface area contributed by atoms with Gasteiger partial charge in [0.05, 0.1) is 12.7 Å². The van der Waals surface area contributed by atoms with Crippen LogP contribution < -0.4 is 14.8 Å². The van der Waals surface area contributed by atoms with E-state index in [-0.39, 0.29) is 18.3 Å². The number of para-hydroxylation sites is 1. The molecule has 1 heterocycles. The average molecular weight is 313 g/mol. The molecule has 2 aromatic carbocycles. The van der Waals surface area contributed by atoms with Crippen LogP contribution in [-0.4, -0.2) is 19.6 Å². The van der Waals surface area contributed by atoms with Gasteiger partial charge in [0.1, 0.15) is 12.4 Å². The molecule has 0 saturated carbocycles. The number of halogens is 1. The Morgan fingerprint density at radius 1 is 1.26 bits per heavy atom. The second-order valence-corrected chi connectivity index (χ2v) is 5.15. The van der Waals surface area contributed by atoms with Gasteiger partial charge in [-0.2, -0.15) is 0 Å². The highest BCUT2D eigenvalue weighted by Gasteiger charge is 2.19. The van der Waals surface area contributed by atoms with Gasteiger partial charge in [0.2, 0.25) is 0 Å².